The second kappa shape index (κ2) is 9.62. The summed E-state index contributed by atoms with van der Waals surface area (Å²) < 4.78 is 154. The zero-order valence-corrected chi connectivity index (χ0v) is 21.1. The molecule has 41 heavy (non-hydrogen) atoms. The summed E-state index contributed by atoms with van der Waals surface area (Å²) in [6.07, 6.45) is 0. The maximum Gasteiger partial charge on any atom is 0.145 e. The van der Waals surface area contributed by atoms with E-state index in [2.05, 4.69) is 0 Å². The minimum Gasteiger partial charge on any atom is -0.292 e. The van der Waals surface area contributed by atoms with Crippen LogP contribution in [0.25, 0.3) is 71.9 Å². The summed E-state index contributed by atoms with van der Waals surface area (Å²) in [6.45, 7) is 0. The first-order chi connectivity index (χ1) is 27.4. The van der Waals surface area contributed by atoms with Crippen molar-refractivity contribution in [3.63, 3.8) is 0 Å². The van der Waals surface area contributed by atoms with Crippen molar-refractivity contribution in [2.24, 2.45) is 0 Å². The Hall–Kier alpha value is -5.47. The molecule has 0 bridgehead atoms. The highest BCUT2D eigenvalue weighted by Crippen LogP contribution is 2.45. The second-order valence-electron chi connectivity index (χ2n) is 9.10. The molecule has 0 aliphatic heterocycles. The monoisotopic (exact) mass is 539 g/mol. The molecule has 192 valence electrons. The number of para-hydroxylation sites is 3. The van der Waals surface area contributed by atoms with Gasteiger partial charge in [-0.15, -0.1) is 0 Å². The van der Waals surface area contributed by atoms with Gasteiger partial charge in [0.2, 0.25) is 0 Å². The van der Waals surface area contributed by atoms with Crippen LogP contribution in [0.1, 0.15) is 23.3 Å². The predicted octanol–water partition coefficient (Wildman–Crippen LogP) is 10.3. The Bertz CT molecular complexity index is 3080. The van der Waals surface area contributed by atoms with Gasteiger partial charge in [0.25, 0.3) is 0 Å². The first-order valence-corrected chi connectivity index (χ1v) is 12.6. The van der Waals surface area contributed by atoms with Gasteiger partial charge in [-0.2, -0.15) is 0 Å². The molecule has 8 aromatic rings. The Labute approximate surface area is 262 Å². The quantitative estimate of drug-likeness (QED) is 0.203. The zero-order valence-electron chi connectivity index (χ0n) is 38.1. The van der Waals surface area contributed by atoms with Crippen LogP contribution >= 0.6 is 0 Å². The fraction of sp³-hybridized carbons (Fsp3) is 0. The minimum atomic E-state index is -0.825. The molecule has 0 saturated carbocycles. The van der Waals surface area contributed by atoms with Crippen molar-refractivity contribution in [2.45, 2.75) is 0 Å². The average Bonchev–Trinajstić information content (AvgIpc) is 3.60. The van der Waals surface area contributed by atoms with E-state index in [1.165, 1.54) is 0 Å². The molecule has 0 aliphatic carbocycles. The van der Waals surface area contributed by atoms with Gasteiger partial charge in [-0.05, 0) is 74.1 Å². The molecule has 0 spiro atoms. The zero-order chi connectivity index (χ0) is 42.0. The van der Waals surface area contributed by atoms with Gasteiger partial charge in [-0.25, -0.2) is 4.98 Å². The van der Waals surface area contributed by atoms with E-state index in [0.29, 0.717) is 16.7 Å². The van der Waals surface area contributed by atoms with Crippen LogP contribution in [0.3, 0.4) is 0 Å². The molecule has 7 aromatic carbocycles. The number of hydrogen-bond acceptors (Lipinski definition) is 1. The number of fused-ring (bicyclic) bond motifs is 3. The van der Waals surface area contributed by atoms with Gasteiger partial charge < -0.3 is 0 Å². The van der Waals surface area contributed by atoms with E-state index in [4.69, 9.17) is 21.4 Å². The summed E-state index contributed by atoms with van der Waals surface area (Å²) in [4.78, 5) is 4.80. The maximum atomic E-state index is 10.0. The Morgan fingerprint density at radius 3 is 1.73 bits per heavy atom. The molecule has 2 heteroatoms. The lowest BCUT2D eigenvalue weighted by Crippen LogP contribution is -1.98. The Morgan fingerprint density at radius 1 is 0.488 bits per heavy atom. The lowest BCUT2D eigenvalue weighted by molar-refractivity contribution is 1.10. The highest BCUT2D eigenvalue weighted by atomic mass is 15.1. The number of rotatable bonds is 4. The van der Waals surface area contributed by atoms with E-state index in [0.717, 1.165) is 0 Å². The third kappa shape index (κ3) is 3.84. The fourth-order valence-corrected chi connectivity index (χ4v) is 5.11. The summed E-state index contributed by atoms with van der Waals surface area (Å²) in [5.74, 6) is -0.00997. The van der Waals surface area contributed by atoms with E-state index in [9.17, 15) is 6.85 Å². The molecular formula is C39H26N2. The Morgan fingerprint density at radius 2 is 1.05 bits per heavy atom. The minimum absolute atomic E-state index is 0.00997. The van der Waals surface area contributed by atoms with Gasteiger partial charge in [0.15, 0.2) is 0 Å². The Kier molecular flexibility index (Phi) is 2.80. The van der Waals surface area contributed by atoms with Crippen LogP contribution in [0.4, 0.5) is 0 Å². The standard InChI is InChI=1S/C39H26N2/c1-4-14-27(15-5-1)37-31-20-10-11-21-32(31)38(28-16-6-2-7-17-28)34-26-29(24-25-33(34)37)39-40-35-22-12-13-23-36(35)41(39)30-18-8-3-9-19-30/h1-26H/i1D,2D,4D,5D,6D,7D,10D,11D,14D,15D,16D,17D,20D,21D,24D,25D,26D. The van der Waals surface area contributed by atoms with E-state index in [-0.39, 0.29) is 11.4 Å². The summed E-state index contributed by atoms with van der Waals surface area (Å²) in [5, 5.41) is -1.96. The van der Waals surface area contributed by atoms with Crippen molar-refractivity contribution >= 4 is 32.6 Å². The smallest absolute Gasteiger partial charge is 0.145 e. The first-order valence-electron chi connectivity index (χ1n) is 21.1. The predicted molar refractivity (Wildman–Crippen MR) is 172 cm³/mol. The van der Waals surface area contributed by atoms with Gasteiger partial charge in [0.05, 0.1) is 34.3 Å². The second-order valence-corrected chi connectivity index (χ2v) is 9.10. The van der Waals surface area contributed by atoms with E-state index in [1.807, 2.05) is 0 Å². The van der Waals surface area contributed by atoms with Crippen LogP contribution < -0.4 is 0 Å². The van der Waals surface area contributed by atoms with Crippen LogP contribution in [-0.2, 0) is 0 Å². The molecule has 0 aliphatic rings. The number of benzene rings is 7. The molecule has 0 fully saturated rings. The van der Waals surface area contributed by atoms with Crippen molar-refractivity contribution in [1.82, 2.24) is 9.55 Å². The maximum absolute atomic E-state index is 10.0. The third-order valence-corrected chi connectivity index (χ3v) is 6.80. The van der Waals surface area contributed by atoms with Crippen molar-refractivity contribution in [3.8, 4) is 39.3 Å². The summed E-state index contributed by atoms with van der Waals surface area (Å²) in [7, 11) is 0. The Balaban J connectivity index is 1.76. The number of nitrogens with zero attached hydrogens (tertiary/aromatic N) is 2. The summed E-state index contributed by atoms with van der Waals surface area (Å²) >= 11 is 0. The van der Waals surface area contributed by atoms with Gasteiger partial charge >= 0.3 is 0 Å². The molecule has 2 nitrogen and oxygen atoms in total. The van der Waals surface area contributed by atoms with Crippen LogP contribution in [-0.4, -0.2) is 9.55 Å². The van der Waals surface area contributed by atoms with Crippen molar-refractivity contribution < 1.29 is 23.3 Å². The highest BCUT2D eigenvalue weighted by molar-refractivity contribution is 6.21. The van der Waals surface area contributed by atoms with E-state index >= 15 is 0 Å². The van der Waals surface area contributed by atoms with Gasteiger partial charge in [0, 0.05) is 11.3 Å². The molecule has 0 unspecified atom stereocenters. The number of aromatic nitrogens is 2. The molecule has 0 radical (unpaired) electrons. The molecule has 0 N–H and O–H groups in total. The summed E-state index contributed by atoms with van der Waals surface area (Å²) in [5.41, 5.74) is -0.916. The van der Waals surface area contributed by atoms with E-state index < -0.39 is 147 Å². The van der Waals surface area contributed by atoms with Crippen molar-refractivity contribution in [2.75, 3.05) is 0 Å². The van der Waals surface area contributed by atoms with Crippen molar-refractivity contribution in [3.05, 3.63) is 157 Å². The largest absolute Gasteiger partial charge is 0.292 e. The molecule has 1 aromatic heterocycles. The topological polar surface area (TPSA) is 17.8 Å². The highest BCUT2D eigenvalue weighted by Gasteiger charge is 2.19. The number of imidazole rings is 1. The molecule has 0 saturated heterocycles. The molecule has 0 atom stereocenters. The van der Waals surface area contributed by atoms with Crippen LogP contribution in [0, 0.1) is 0 Å². The number of hydrogen-bond donors (Lipinski definition) is 0. The van der Waals surface area contributed by atoms with Crippen LogP contribution in [0.5, 0.6) is 0 Å². The molecular weight excluding hydrogens is 496 g/mol. The van der Waals surface area contributed by atoms with Gasteiger partial charge in [-0.3, -0.25) is 4.57 Å². The van der Waals surface area contributed by atoms with Crippen LogP contribution in [0.15, 0.2) is 157 Å². The van der Waals surface area contributed by atoms with Crippen LogP contribution in [0.2, 0.25) is 0 Å². The first kappa shape index (κ1) is 12.0. The van der Waals surface area contributed by atoms with E-state index in [1.54, 1.807) is 59.2 Å². The van der Waals surface area contributed by atoms with Gasteiger partial charge in [0.1, 0.15) is 5.82 Å². The lowest BCUT2D eigenvalue weighted by Gasteiger charge is -2.19. The lowest BCUT2D eigenvalue weighted by atomic mass is 9.85. The molecule has 8 rings (SSSR count). The normalized spacial score (nSPS) is 17.2. The fourth-order valence-electron chi connectivity index (χ4n) is 5.11. The molecule has 1 heterocycles. The third-order valence-electron chi connectivity index (χ3n) is 6.80. The summed E-state index contributed by atoms with van der Waals surface area (Å²) in [6, 6.07) is 2.48. The SMILES string of the molecule is [2H]c1c([2H])c([2H])c(-c2c3c([2H])c([2H])c([2H])c([2H])c3c(-c3c([2H])c([2H])c([2H])c([2H])c3[2H])c3c([2H])c(-c4nc5ccccc5n4-c4ccccc4)c([2H])c([2H])c23)c([2H])c1[2H]. The van der Waals surface area contributed by atoms with Crippen molar-refractivity contribution in [1.29, 1.82) is 0 Å². The average molecular weight is 540 g/mol. The van der Waals surface area contributed by atoms with Gasteiger partial charge in [-0.1, -0.05) is 127 Å². The molecule has 0 amide bonds.